The molecule has 13 heteroatoms. The maximum atomic E-state index is 11.4. The average molecular weight is 442 g/mol. The molecule has 0 bridgehead atoms. The smallest absolute Gasteiger partial charge is 0.351 e. The molecule has 0 spiro atoms. The topological polar surface area (TPSA) is 195 Å². The Morgan fingerprint density at radius 3 is 1.91 bits per heavy atom. The number of hydrogen-bond donors (Lipinski definition) is 2. The number of carbonyl (C=O) groups is 2. The molecule has 2 N–H and O–H groups in total. The molecule has 0 amide bonds. The molecule has 0 aliphatic heterocycles. The number of benzene rings is 1. The first kappa shape index (κ1) is 18.3. The molecule has 0 radical (unpaired) electrons. The van der Waals surface area contributed by atoms with E-state index >= 15 is 0 Å². The number of carboxylic acid groups (broad SMARTS) is 2. The average Bonchev–Trinajstić information content (AvgIpc) is 2.35. The third-order valence-corrected chi connectivity index (χ3v) is 4.81. The van der Waals surface area contributed by atoms with Crippen molar-refractivity contribution < 1.29 is 35.8 Å². The molecule has 0 aliphatic rings. The third kappa shape index (κ3) is 4.15. The fourth-order valence-corrected chi connectivity index (χ4v) is 3.78. The van der Waals surface area contributed by atoms with Gasteiger partial charge in [0, 0.05) is 6.07 Å². The highest BCUT2D eigenvalue weighted by molar-refractivity contribution is 14.2. The van der Waals surface area contributed by atoms with Crippen LogP contribution in [0.1, 0.15) is 11.1 Å². The lowest BCUT2D eigenvalue weighted by Crippen LogP contribution is -2.12. The van der Waals surface area contributed by atoms with Crippen molar-refractivity contribution in [1.82, 2.24) is 0 Å². The van der Waals surface area contributed by atoms with Gasteiger partial charge in [-0.05, 0) is 5.56 Å². The summed E-state index contributed by atoms with van der Waals surface area (Å²) in [5.74, 6) is -3.19. The lowest BCUT2D eigenvalue weighted by Gasteiger charge is -2.08. The standard InChI is InChI=1S/C10H7IN2O10/c14-7(15)2-4-1-6(12(20)21)10(13(22)23)5(3-8(16)17)9(4)11(18)19/h1H,2-3H2,(H,14,15)(H,16,17). The van der Waals surface area contributed by atoms with Gasteiger partial charge in [0.25, 0.3) is 0 Å². The van der Waals surface area contributed by atoms with Gasteiger partial charge in [-0.15, -0.1) is 0 Å². The van der Waals surface area contributed by atoms with E-state index in [0.29, 0.717) is 6.07 Å². The molecule has 0 saturated carbocycles. The molecule has 0 aromatic heterocycles. The summed E-state index contributed by atoms with van der Waals surface area (Å²) in [6.45, 7) is 0. The molecular formula is C10H7IN2O10. The molecule has 23 heavy (non-hydrogen) atoms. The highest BCUT2D eigenvalue weighted by Crippen LogP contribution is 2.39. The maximum Gasteiger partial charge on any atom is 0.351 e. The van der Waals surface area contributed by atoms with Crippen molar-refractivity contribution in [3.05, 3.63) is 41.0 Å². The van der Waals surface area contributed by atoms with E-state index < -0.39 is 80.5 Å². The Hall–Kier alpha value is -2.71. The van der Waals surface area contributed by atoms with Crippen LogP contribution in [0.25, 0.3) is 0 Å². The van der Waals surface area contributed by atoms with E-state index in [2.05, 4.69) is 0 Å². The summed E-state index contributed by atoms with van der Waals surface area (Å²) >= 11 is -4.59. The molecule has 124 valence electrons. The number of halogens is 1. The number of aliphatic carboxylic acids is 2. The van der Waals surface area contributed by atoms with Gasteiger partial charge in [-0.25, -0.2) is 6.14 Å². The molecular weight excluding hydrogens is 435 g/mol. The molecule has 0 aliphatic carbocycles. The van der Waals surface area contributed by atoms with Crippen molar-refractivity contribution in [3.8, 4) is 0 Å². The highest BCUT2D eigenvalue weighted by Gasteiger charge is 2.36. The van der Waals surface area contributed by atoms with Gasteiger partial charge in [0.1, 0.15) is 0 Å². The van der Waals surface area contributed by atoms with Gasteiger partial charge in [0.05, 0.1) is 31.8 Å². The van der Waals surface area contributed by atoms with Gasteiger partial charge in [-0.3, -0.25) is 29.8 Å². The Labute approximate surface area is 133 Å². The first-order chi connectivity index (χ1) is 10.6. The maximum absolute atomic E-state index is 11.4. The van der Waals surface area contributed by atoms with Crippen molar-refractivity contribution in [2.45, 2.75) is 12.8 Å². The van der Waals surface area contributed by atoms with Crippen LogP contribution in [0.5, 0.6) is 0 Å². The van der Waals surface area contributed by atoms with E-state index in [1.807, 2.05) is 0 Å². The van der Waals surface area contributed by atoms with Crippen molar-refractivity contribution >= 4 is 43.1 Å². The van der Waals surface area contributed by atoms with E-state index in [1.54, 1.807) is 0 Å². The van der Waals surface area contributed by atoms with Crippen molar-refractivity contribution in [2.75, 3.05) is 0 Å². The van der Waals surface area contributed by atoms with Gasteiger partial charge < -0.3 is 10.2 Å². The van der Waals surface area contributed by atoms with Crippen LogP contribution in [0, 0.1) is 23.8 Å². The van der Waals surface area contributed by atoms with E-state index in [9.17, 15) is 36.0 Å². The number of nitro benzene ring substituents is 2. The van der Waals surface area contributed by atoms with Crippen LogP contribution in [0.3, 0.4) is 0 Å². The molecule has 0 atom stereocenters. The minimum Gasteiger partial charge on any atom is -0.481 e. The molecule has 0 saturated heterocycles. The number of hydrogen-bond acceptors (Lipinski definition) is 8. The van der Waals surface area contributed by atoms with Crippen molar-refractivity contribution in [3.63, 3.8) is 0 Å². The monoisotopic (exact) mass is 442 g/mol. The number of nitro groups is 2. The van der Waals surface area contributed by atoms with Crippen molar-refractivity contribution in [2.24, 2.45) is 0 Å². The SMILES string of the molecule is O=C(O)Cc1cc([N+](=O)[O-])c([N+](=O)[O-])c(CC(=O)O)c1I(=O)=O. The summed E-state index contributed by atoms with van der Waals surface area (Å²) in [7, 11) is 0. The Bertz CT molecular complexity index is 789. The van der Waals surface area contributed by atoms with Crippen LogP contribution in [-0.2, 0) is 28.6 Å². The van der Waals surface area contributed by atoms with E-state index in [0.717, 1.165) is 0 Å². The number of rotatable bonds is 7. The Balaban J connectivity index is 3.99. The fraction of sp³-hybridized carbons (Fsp3) is 0.200. The van der Waals surface area contributed by atoms with Gasteiger partial charge in [0.2, 0.25) is 0 Å². The van der Waals surface area contributed by atoms with Crippen LogP contribution in [0.2, 0.25) is 0 Å². The highest BCUT2D eigenvalue weighted by atomic mass is 127. The van der Waals surface area contributed by atoms with Gasteiger partial charge in [-0.1, -0.05) is 0 Å². The van der Waals surface area contributed by atoms with E-state index in [4.69, 9.17) is 10.2 Å². The predicted molar refractivity (Wildman–Crippen MR) is 76.5 cm³/mol. The minimum absolute atomic E-state index is 0.479. The first-order valence-electron chi connectivity index (χ1n) is 5.52. The quantitative estimate of drug-likeness (QED) is 0.351. The molecule has 1 rings (SSSR count). The number of nitrogens with zero attached hydrogens (tertiary/aromatic N) is 2. The molecule has 0 heterocycles. The normalized spacial score (nSPS) is 10.5. The first-order valence-corrected chi connectivity index (χ1v) is 8.36. The van der Waals surface area contributed by atoms with Crippen LogP contribution in [0.4, 0.5) is 11.4 Å². The zero-order valence-electron chi connectivity index (χ0n) is 10.9. The Morgan fingerprint density at radius 1 is 1.04 bits per heavy atom. The zero-order valence-corrected chi connectivity index (χ0v) is 13.1. The summed E-state index contributed by atoms with van der Waals surface area (Å²) in [4.78, 5) is 41.1. The predicted octanol–water partition coefficient (Wildman–Crippen LogP) is 1.12. The number of carboxylic acids is 2. The Morgan fingerprint density at radius 2 is 1.57 bits per heavy atom. The van der Waals surface area contributed by atoms with Gasteiger partial charge >= 0.3 is 43.1 Å². The van der Waals surface area contributed by atoms with Crippen molar-refractivity contribution in [1.29, 1.82) is 0 Å². The summed E-state index contributed by atoms with van der Waals surface area (Å²) in [6.07, 6.45) is -2.13. The zero-order chi connectivity index (χ0) is 17.9. The molecule has 1 aromatic rings. The van der Waals surface area contributed by atoms with Crippen LogP contribution in [0.15, 0.2) is 6.07 Å². The molecule has 0 fully saturated rings. The van der Waals surface area contributed by atoms with Crippen LogP contribution < -0.4 is 0 Å². The second-order valence-corrected chi connectivity index (χ2v) is 6.39. The lowest BCUT2D eigenvalue weighted by atomic mass is 10.0. The largest absolute Gasteiger partial charge is 0.481 e. The fourth-order valence-electron chi connectivity index (χ4n) is 1.89. The molecule has 12 nitrogen and oxygen atoms in total. The lowest BCUT2D eigenvalue weighted by molar-refractivity contribution is -0.423. The summed E-state index contributed by atoms with van der Waals surface area (Å²) in [5, 5.41) is 39.5. The second-order valence-electron chi connectivity index (χ2n) is 4.07. The van der Waals surface area contributed by atoms with E-state index in [-0.39, 0.29) is 0 Å². The summed E-state index contributed by atoms with van der Waals surface area (Å²) in [5.41, 5.74) is -3.87. The molecule has 0 unspecified atom stereocenters. The molecule has 1 aromatic carbocycles. The van der Waals surface area contributed by atoms with Gasteiger partial charge in [0.15, 0.2) is 0 Å². The van der Waals surface area contributed by atoms with E-state index in [1.165, 1.54) is 0 Å². The van der Waals surface area contributed by atoms with Gasteiger partial charge in [-0.2, -0.15) is 0 Å². The Kier molecular flexibility index (Phi) is 5.61. The van der Waals surface area contributed by atoms with Crippen LogP contribution >= 0.6 is 19.8 Å². The summed E-state index contributed by atoms with van der Waals surface area (Å²) in [6, 6.07) is 0.479. The second kappa shape index (κ2) is 7.03. The van der Waals surface area contributed by atoms with Crippen LogP contribution in [-0.4, -0.2) is 32.0 Å². The summed E-state index contributed by atoms with van der Waals surface area (Å²) < 4.78 is 22.0. The third-order valence-electron chi connectivity index (χ3n) is 2.59. The minimum atomic E-state index is -4.59.